The fourth-order valence-electron chi connectivity index (χ4n) is 2.20. The van der Waals surface area contributed by atoms with Crippen LogP contribution in [-0.4, -0.2) is 30.4 Å². The van der Waals surface area contributed by atoms with Crippen molar-refractivity contribution in [1.29, 1.82) is 0 Å². The summed E-state index contributed by atoms with van der Waals surface area (Å²) >= 11 is 0. The van der Waals surface area contributed by atoms with Gasteiger partial charge in [0.05, 0.1) is 6.10 Å². The Balaban J connectivity index is 1.72. The van der Waals surface area contributed by atoms with Crippen molar-refractivity contribution in [3.63, 3.8) is 0 Å². The van der Waals surface area contributed by atoms with Crippen LogP contribution >= 0.6 is 0 Å². The molecule has 3 nitrogen and oxygen atoms in total. The van der Waals surface area contributed by atoms with Crippen molar-refractivity contribution in [3.05, 3.63) is 29.8 Å². The molecule has 1 aliphatic rings. The first-order valence-corrected chi connectivity index (χ1v) is 6.37. The highest BCUT2D eigenvalue weighted by molar-refractivity contribution is 5.26. The van der Waals surface area contributed by atoms with E-state index in [1.54, 1.807) is 12.1 Å². The van der Waals surface area contributed by atoms with Gasteiger partial charge in [-0.05, 0) is 43.9 Å². The first-order valence-electron chi connectivity index (χ1n) is 6.37. The highest BCUT2D eigenvalue weighted by Crippen LogP contribution is 2.13. The maximum absolute atomic E-state index is 9.21. The van der Waals surface area contributed by atoms with E-state index in [0.29, 0.717) is 17.9 Å². The number of aromatic hydroxyl groups is 1. The molecule has 2 atom stereocenters. The van der Waals surface area contributed by atoms with Crippen molar-refractivity contribution in [3.8, 4) is 5.75 Å². The molecule has 0 bridgehead atoms. The molecule has 2 rings (SSSR count). The highest BCUT2D eigenvalue weighted by Gasteiger charge is 2.15. The number of phenolic OH excluding ortho intramolecular Hbond substituents is 1. The molecule has 0 saturated carbocycles. The van der Waals surface area contributed by atoms with Crippen LogP contribution in [-0.2, 0) is 11.2 Å². The second-order valence-corrected chi connectivity index (χ2v) is 4.81. The summed E-state index contributed by atoms with van der Waals surface area (Å²) in [6, 6.07) is 7.85. The van der Waals surface area contributed by atoms with Gasteiger partial charge in [-0.15, -0.1) is 0 Å². The Morgan fingerprint density at radius 1 is 1.41 bits per heavy atom. The van der Waals surface area contributed by atoms with Crippen molar-refractivity contribution >= 4 is 0 Å². The van der Waals surface area contributed by atoms with Crippen molar-refractivity contribution in [2.24, 2.45) is 0 Å². The average molecular weight is 235 g/mol. The van der Waals surface area contributed by atoms with Gasteiger partial charge in [-0.1, -0.05) is 12.1 Å². The summed E-state index contributed by atoms with van der Waals surface area (Å²) in [6.07, 6.45) is 3.75. The van der Waals surface area contributed by atoms with Crippen LogP contribution in [0.5, 0.6) is 5.75 Å². The van der Waals surface area contributed by atoms with E-state index in [-0.39, 0.29) is 0 Å². The van der Waals surface area contributed by atoms with Gasteiger partial charge in [-0.3, -0.25) is 0 Å². The summed E-state index contributed by atoms with van der Waals surface area (Å²) in [5, 5.41) is 12.7. The predicted octanol–water partition coefficient (Wildman–Crippen LogP) is 2.09. The largest absolute Gasteiger partial charge is 0.508 e. The summed E-state index contributed by atoms with van der Waals surface area (Å²) in [7, 11) is 0. The van der Waals surface area contributed by atoms with Gasteiger partial charge >= 0.3 is 0 Å². The van der Waals surface area contributed by atoms with Gasteiger partial charge in [0.1, 0.15) is 5.75 Å². The third-order valence-corrected chi connectivity index (χ3v) is 3.20. The van der Waals surface area contributed by atoms with Gasteiger partial charge in [0, 0.05) is 19.2 Å². The Kier molecular flexibility index (Phi) is 4.40. The molecule has 0 spiro atoms. The molecule has 1 fully saturated rings. The van der Waals surface area contributed by atoms with Crippen LogP contribution in [0.15, 0.2) is 24.3 Å². The van der Waals surface area contributed by atoms with E-state index in [2.05, 4.69) is 12.2 Å². The zero-order valence-electron chi connectivity index (χ0n) is 10.4. The summed E-state index contributed by atoms with van der Waals surface area (Å²) in [6.45, 7) is 4.04. The molecule has 1 aromatic rings. The van der Waals surface area contributed by atoms with Gasteiger partial charge in [-0.2, -0.15) is 0 Å². The number of hydrogen-bond donors (Lipinski definition) is 2. The van der Waals surface area contributed by atoms with Crippen molar-refractivity contribution in [1.82, 2.24) is 5.32 Å². The lowest BCUT2D eigenvalue weighted by atomic mass is 10.1. The van der Waals surface area contributed by atoms with Crippen LogP contribution in [0.1, 0.15) is 25.3 Å². The van der Waals surface area contributed by atoms with Gasteiger partial charge in [0.15, 0.2) is 0 Å². The Morgan fingerprint density at radius 3 is 2.82 bits per heavy atom. The molecule has 3 heteroatoms. The van der Waals surface area contributed by atoms with Crippen LogP contribution in [0.4, 0.5) is 0 Å². The SMILES string of the molecule is CC(Cc1ccc(O)cc1)NCC1CCCO1. The average Bonchev–Trinajstić information content (AvgIpc) is 2.83. The molecule has 0 radical (unpaired) electrons. The van der Waals surface area contributed by atoms with E-state index < -0.39 is 0 Å². The van der Waals surface area contributed by atoms with Crippen LogP contribution in [0.3, 0.4) is 0 Å². The second-order valence-electron chi connectivity index (χ2n) is 4.81. The molecule has 2 N–H and O–H groups in total. The smallest absolute Gasteiger partial charge is 0.115 e. The van der Waals surface area contributed by atoms with Crippen LogP contribution < -0.4 is 5.32 Å². The number of phenols is 1. The molecule has 1 saturated heterocycles. The lowest BCUT2D eigenvalue weighted by molar-refractivity contribution is 0.108. The maximum atomic E-state index is 9.21. The first kappa shape index (κ1) is 12.4. The highest BCUT2D eigenvalue weighted by atomic mass is 16.5. The van der Waals surface area contributed by atoms with Crippen molar-refractivity contribution in [2.75, 3.05) is 13.2 Å². The molecular formula is C14H21NO2. The standard InChI is InChI=1S/C14H21NO2/c1-11(15-10-14-3-2-8-17-14)9-12-4-6-13(16)7-5-12/h4-7,11,14-16H,2-3,8-10H2,1H3. The second kappa shape index (κ2) is 6.03. The molecule has 94 valence electrons. The van der Waals surface area contributed by atoms with Gasteiger partial charge in [0.2, 0.25) is 0 Å². The van der Waals surface area contributed by atoms with E-state index in [9.17, 15) is 5.11 Å². The predicted molar refractivity (Wildman–Crippen MR) is 68.2 cm³/mol. The van der Waals surface area contributed by atoms with Gasteiger partial charge < -0.3 is 15.2 Å². The molecule has 1 aromatic carbocycles. The van der Waals surface area contributed by atoms with E-state index >= 15 is 0 Å². The van der Waals surface area contributed by atoms with E-state index in [4.69, 9.17) is 4.74 Å². The van der Waals surface area contributed by atoms with Gasteiger partial charge in [0.25, 0.3) is 0 Å². The fourth-order valence-corrected chi connectivity index (χ4v) is 2.20. The normalized spacial score (nSPS) is 21.6. The Morgan fingerprint density at radius 2 is 2.18 bits per heavy atom. The quantitative estimate of drug-likeness (QED) is 0.821. The fraction of sp³-hybridized carbons (Fsp3) is 0.571. The van der Waals surface area contributed by atoms with Crippen LogP contribution in [0.2, 0.25) is 0 Å². The monoisotopic (exact) mass is 235 g/mol. The molecule has 0 amide bonds. The van der Waals surface area contributed by atoms with E-state index in [1.807, 2.05) is 12.1 Å². The Labute approximate surface area is 103 Å². The summed E-state index contributed by atoms with van der Waals surface area (Å²) in [4.78, 5) is 0. The van der Waals surface area contributed by atoms with E-state index in [0.717, 1.165) is 19.6 Å². The molecule has 17 heavy (non-hydrogen) atoms. The topological polar surface area (TPSA) is 41.5 Å². The molecule has 0 aliphatic carbocycles. The van der Waals surface area contributed by atoms with Crippen molar-refractivity contribution in [2.45, 2.75) is 38.3 Å². The summed E-state index contributed by atoms with van der Waals surface area (Å²) < 4.78 is 5.57. The minimum Gasteiger partial charge on any atom is -0.508 e. The lowest BCUT2D eigenvalue weighted by Crippen LogP contribution is -2.34. The van der Waals surface area contributed by atoms with Gasteiger partial charge in [-0.25, -0.2) is 0 Å². The zero-order valence-corrected chi connectivity index (χ0v) is 10.4. The third kappa shape index (κ3) is 4.02. The van der Waals surface area contributed by atoms with Crippen LogP contribution in [0.25, 0.3) is 0 Å². The maximum Gasteiger partial charge on any atom is 0.115 e. The van der Waals surface area contributed by atoms with E-state index in [1.165, 1.54) is 18.4 Å². The Hall–Kier alpha value is -1.06. The number of ether oxygens (including phenoxy) is 1. The van der Waals surface area contributed by atoms with Crippen LogP contribution in [0, 0.1) is 0 Å². The minimum atomic E-state index is 0.328. The summed E-state index contributed by atoms with van der Waals surface area (Å²) in [5.41, 5.74) is 1.25. The molecule has 1 aliphatic heterocycles. The lowest BCUT2D eigenvalue weighted by Gasteiger charge is -2.17. The molecule has 1 heterocycles. The minimum absolute atomic E-state index is 0.328. The number of nitrogens with one attached hydrogen (secondary N) is 1. The summed E-state index contributed by atoms with van der Waals surface area (Å²) in [5.74, 6) is 0.328. The molecule has 2 unspecified atom stereocenters. The molecule has 0 aromatic heterocycles. The number of rotatable bonds is 5. The number of benzene rings is 1. The Bertz CT molecular complexity index is 331. The molecular weight excluding hydrogens is 214 g/mol. The van der Waals surface area contributed by atoms with Crippen molar-refractivity contribution < 1.29 is 9.84 Å². The zero-order chi connectivity index (χ0) is 12.1. The first-order chi connectivity index (χ1) is 8.24. The third-order valence-electron chi connectivity index (χ3n) is 3.20. The number of hydrogen-bond acceptors (Lipinski definition) is 3.